The number of fused-ring (bicyclic) bond motifs is 1. The van der Waals surface area contributed by atoms with Crippen LogP contribution >= 0.6 is 15.9 Å². The van der Waals surface area contributed by atoms with Gasteiger partial charge >= 0.3 is 0 Å². The van der Waals surface area contributed by atoms with E-state index < -0.39 is 0 Å². The number of aromatic nitrogens is 3. The number of halogens is 1. The van der Waals surface area contributed by atoms with Crippen molar-refractivity contribution in [2.24, 2.45) is 0 Å². The fourth-order valence-electron chi connectivity index (χ4n) is 1.47. The van der Waals surface area contributed by atoms with Crippen LogP contribution in [0.25, 0.3) is 5.52 Å². The van der Waals surface area contributed by atoms with E-state index in [0.717, 1.165) is 34.3 Å². The summed E-state index contributed by atoms with van der Waals surface area (Å²) < 4.78 is 2.99. The third kappa shape index (κ3) is 1.54. The van der Waals surface area contributed by atoms with E-state index >= 15 is 0 Å². The fraction of sp³-hybridized carbons (Fsp3) is 0.400. The molecule has 0 aliphatic rings. The quantitative estimate of drug-likeness (QED) is 0.824. The Labute approximate surface area is 91.3 Å². The zero-order valence-corrected chi connectivity index (χ0v) is 9.87. The molecule has 0 spiro atoms. The highest BCUT2D eigenvalue weighted by atomic mass is 79.9. The molecule has 0 bridgehead atoms. The molecular weight excluding hydrogens is 242 g/mol. The number of nitrogens with zero attached hydrogens (tertiary/aromatic N) is 3. The van der Waals surface area contributed by atoms with E-state index in [4.69, 9.17) is 0 Å². The lowest BCUT2D eigenvalue weighted by Crippen LogP contribution is -2.01. The highest BCUT2D eigenvalue weighted by molar-refractivity contribution is 9.10. The zero-order valence-electron chi connectivity index (χ0n) is 8.29. The van der Waals surface area contributed by atoms with Gasteiger partial charge in [-0.1, -0.05) is 6.92 Å². The minimum absolute atomic E-state index is 0.909. The third-order valence-electron chi connectivity index (χ3n) is 2.17. The van der Waals surface area contributed by atoms with Gasteiger partial charge in [0.1, 0.15) is 5.82 Å². The molecule has 2 heterocycles. The van der Waals surface area contributed by atoms with E-state index in [0.29, 0.717) is 0 Å². The summed E-state index contributed by atoms with van der Waals surface area (Å²) in [5.41, 5.74) is 2.16. The van der Waals surface area contributed by atoms with Crippen molar-refractivity contribution in [3.8, 4) is 0 Å². The molecular formula is C10H12BrN3. The molecule has 0 amide bonds. The van der Waals surface area contributed by atoms with E-state index in [1.807, 2.05) is 17.6 Å². The van der Waals surface area contributed by atoms with Gasteiger partial charge in [-0.05, 0) is 35.3 Å². The van der Waals surface area contributed by atoms with Crippen LogP contribution in [0.2, 0.25) is 0 Å². The van der Waals surface area contributed by atoms with Gasteiger partial charge in [-0.2, -0.15) is 5.10 Å². The standard InChI is InChI=1S/C10H12BrN3/c1-3-4-10-12-6-9-8(11)5-7(2)14(9)13-10/h5-6H,3-4H2,1-2H3. The van der Waals surface area contributed by atoms with Crippen molar-refractivity contribution in [2.45, 2.75) is 26.7 Å². The van der Waals surface area contributed by atoms with E-state index in [2.05, 4.69) is 39.0 Å². The average molecular weight is 254 g/mol. The molecule has 74 valence electrons. The van der Waals surface area contributed by atoms with Crippen molar-refractivity contribution in [2.75, 3.05) is 0 Å². The number of rotatable bonds is 2. The van der Waals surface area contributed by atoms with Crippen molar-refractivity contribution in [3.63, 3.8) is 0 Å². The Kier molecular flexibility index (Phi) is 2.54. The van der Waals surface area contributed by atoms with Gasteiger partial charge in [0, 0.05) is 16.6 Å². The van der Waals surface area contributed by atoms with Crippen LogP contribution < -0.4 is 0 Å². The van der Waals surface area contributed by atoms with Crippen LogP contribution in [0.1, 0.15) is 24.9 Å². The van der Waals surface area contributed by atoms with Crippen LogP contribution in [0, 0.1) is 6.92 Å². The molecule has 0 aromatic carbocycles. The highest BCUT2D eigenvalue weighted by Gasteiger charge is 2.05. The summed E-state index contributed by atoms with van der Waals surface area (Å²) in [7, 11) is 0. The lowest BCUT2D eigenvalue weighted by atomic mass is 10.3. The Morgan fingerprint density at radius 2 is 2.29 bits per heavy atom. The largest absolute Gasteiger partial charge is 0.237 e. The monoisotopic (exact) mass is 253 g/mol. The SMILES string of the molecule is CCCc1ncc2c(Br)cc(C)n2n1. The maximum Gasteiger partial charge on any atom is 0.149 e. The second-order valence-electron chi connectivity index (χ2n) is 3.36. The molecule has 0 unspecified atom stereocenters. The number of hydrogen-bond acceptors (Lipinski definition) is 2. The zero-order chi connectivity index (χ0) is 10.1. The Hall–Kier alpha value is -0.900. The minimum atomic E-state index is 0.909. The molecule has 2 aromatic heterocycles. The first-order chi connectivity index (χ1) is 6.72. The van der Waals surface area contributed by atoms with Gasteiger partial charge in [0.25, 0.3) is 0 Å². The van der Waals surface area contributed by atoms with Gasteiger partial charge < -0.3 is 0 Å². The van der Waals surface area contributed by atoms with Crippen LogP contribution in [-0.4, -0.2) is 14.6 Å². The normalized spacial score (nSPS) is 11.1. The molecule has 2 aromatic rings. The number of hydrogen-bond donors (Lipinski definition) is 0. The number of aryl methyl sites for hydroxylation is 2. The maximum absolute atomic E-state index is 4.46. The molecule has 3 nitrogen and oxygen atoms in total. The molecule has 0 saturated heterocycles. The van der Waals surface area contributed by atoms with Crippen LogP contribution in [0.4, 0.5) is 0 Å². The first-order valence-electron chi connectivity index (χ1n) is 4.72. The van der Waals surface area contributed by atoms with Gasteiger partial charge in [0.15, 0.2) is 0 Å². The smallest absolute Gasteiger partial charge is 0.149 e. The Morgan fingerprint density at radius 3 is 3.00 bits per heavy atom. The van der Waals surface area contributed by atoms with E-state index in [1.54, 1.807) is 0 Å². The lowest BCUT2D eigenvalue weighted by molar-refractivity contribution is 0.755. The van der Waals surface area contributed by atoms with Crippen LogP contribution in [0.5, 0.6) is 0 Å². The van der Waals surface area contributed by atoms with E-state index in [9.17, 15) is 0 Å². The van der Waals surface area contributed by atoms with Gasteiger partial charge in [-0.3, -0.25) is 0 Å². The van der Waals surface area contributed by atoms with Gasteiger partial charge in [-0.25, -0.2) is 9.50 Å². The van der Waals surface area contributed by atoms with Gasteiger partial charge in [-0.15, -0.1) is 0 Å². The highest BCUT2D eigenvalue weighted by Crippen LogP contribution is 2.20. The third-order valence-corrected chi connectivity index (χ3v) is 2.80. The topological polar surface area (TPSA) is 30.2 Å². The maximum atomic E-state index is 4.46. The fourth-order valence-corrected chi connectivity index (χ4v) is 2.08. The van der Waals surface area contributed by atoms with Crippen molar-refractivity contribution in [1.82, 2.24) is 14.6 Å². The van der Waals surface area contributed by atoms with Crippen molar-refractivity contribution in [1.29, 1.82) is 0 Å². The second-order valence-corrected chi connectivity index (χ2v) is 4.21. The molecule has 2 rings (SSSR count). The van der Waals surface area contributed by atoms with E-state index in [1.165, 1.54) is 0 Å². The lowest BCUT2D eigenvalue weighted by Gasteiger charge is -2.00. The Morgan fingerprint density at radius 1 is 1.50 bits per heavy atom. The molecule has 4 heteroatoms. The Balaban J connectivity index is 2.59. The summed E-state index contributed by atoms with van der Waals surface area (Å²) in [4.78, 5) is 4.31. The molecule has 0 aliphatic heterocycles. The molecule has 0 saturated carbocycles. The summed E-state index contributed by atoms with van der Waals surface area (Å²) in [5.74, 6) is 0.909. The Bertz CT molecular complexity index is 462. The summed E-state index contributed by atoms with van der Waals surface area (Å²) in [5, 5.41) is 4.46. The van der Waals surface area contributed by atoms with Crippen molar-refractivity contribution < 1.29 is 0 Å². The molecule has 0 aliphatic carbocycles. The van der Waals surface area contributed by atoms with Crippen LogP contribution in [0.3, 0.4) is 0 Å². The average Bonchev–Trinajstić information content (AvgIpc) is 2.43. The summed E-state index contributed by atoms with van der Waals surface area (Å²) in [6.07, 6.45) is 3.88. The summed E-state index contributed by atoms with van der Waals surface area (Å²) in [6.45, 7) is 4.17. The first kappa shape index (κ1) is 9.65. The first-order valence-corrected chi connectivity index (χ1v) is 5.51. The molecule has 0 radical (unpaired) electrons. The molecule has 0 atom stereocenters. The second kappa shape index (κ2) is 3.69. The van der Waals surface area contributed by atoms with Crippen molar-refractivity contribution in [3.05, 3.63) is 28.3 Å². The van der Waals surface area contributed by atoms with Crippen LogP contribution in [-0.2, 0) is 6.42 Å². The minimum Gasteiger partial charge on any atom is -0.237 e. The van der Waals surface area contributed by atoms with Crippen LogP contribution in [0.15, 0.2) is 16.7 Å². The summed E-state index contributed by atoms with van der Waals surface area (Å²) in [6, 6.07) is 2.06. The molecule has 0 fully saturated rings. The molecule has 14 heavy (non-hydrogen) atoms. The predicted octanol–water partition coefficient (Wildman–Crippen LogP) is 2.75. The molecule has 0 N–H and O–H groups in total. The van der Waals surface area contributed by atoms with Gasteiger partial charge in [0.2, 0.25) is 0 Å². The summed E-state index contributed by atoms with van der Waals surface area (Å²) >= 11 is 3.48. The predicted molar refractivity (Wildman–Crippen MR) is 59.4 cm³/mol. The van der Waals surface area contributed by atoms with E-state index in [-0.39, 0.29) is 0 Å². The van der Waals surface area contributed by atoms with Gasteiger partial charge in [0.05, 0.1) is 11.7 Å². The van der Waals surface area contributed by atoms with Crippen molar-refractivity contribution >= 4 is 21.4 Å².